The van der Waals surface area contributed by atoms with Crippen LogP contribution in [0, 0.1) is 11.7 Å². The molecule has 0 aromatic heterocycles. The third-order valence-electron chi connectivity index (χ3n) is 4.57. The van der Waals surface area contributed by atoms with E-state index >= 15 is 0 Å². The van der Waals surface area contributed by atoms with Crippen molar-refractivity contribution in [2.24, 2.45) is 5.92 Å². The van der Waals surface area contributed by atoms with Crippen LogP contribution in [0.2, 0.25) is 0 Å². The standard InChI is InChI=1S/C17H23FN2O2/c1-22-16-10-13(4-5-15(16)18)17(21)20-8-6-14(7-9-20)19-11-12-2-3-12/h4-5,10,12,14,19H,2-3,6-9,11H2,1H3. The molecule has 1 saturated carbocycles. The molecule has 1 N–H and O–H groups in total. The molecule has 1 aliphatic heterocycles. The third kappa shape index (κ3) is 3.58. The number of amides is 1. The molecule has 0 atom stereocenters. The van der Waals surface area contributed by atoms with E-state index < -0.39 is 5.82 Å². The molecule has 22 heavy (non-hydrogen) atoms. The molecule has 0 unspecified atom stereocenters. The van der Waals surface area contributed by atoms with Crippen molar-refractivity contribution in [3.63, 3.8) is 0 Å². The first-order chi connectivity index (χ1) is 10.7. The average molecular weight is 306 g/mol. The molecule has 0 spiro atoms. The van der Waals surface area contributed by atoms with Crippen LogP contribution in [0.15, 0.2) is 18.2 Å². The second-order valence-corrected chi connectivity index (χ2v) is 6.27. The molecule has 1 aromatic carbocycles. The number of benzene rings is 1. The van der Waals surface area contributed by atoms with Gasteiger partial charge in [0.05, 0.1) is 7.11 Å². The Bertz CT molecular complexity index is 537. The number of nitrogens with one attached hydrogen (secondary N) is 1. The lowest BCUT2D eigenvalue weighted by Gasteiger charge is -2.32. The predicted molar refractivity (Wildman–Crippen MR) is 82.6 cm³/mol. The van der Waals surface area contributed by atoms with Crippen molar-refractivity contribution in [1.82, 2.24) is 10.2 Å². The van der Waals surface area contributed by atoms with E-state index in [-0.39, 0.29) is 11.7 Å². The van der Waals surface area contributed by atoms with Gasteiger partial charge in [-0.2, -0.15) is 0 Å². The number of piperidine rings is 1. The van der Waals surface area contributed by atoms with Crippen molar-refractivity contribution in [2.75, 3.05) is 26.7 Å². The van der Waals surface area contributed by atoms with E-state index in [1.165, 1.54) is 38.2 Å². The monoisotopic (exact) mass is 306 g/mol. The number of hydrogen-bond donors (Lipinski definition) is 1. The molecule has 1 heterocycles. The van der Waals surface area contributed by atoms with Crippen molar-refractivity contribution in [3.05, 3.63) is 29.6 Å². The van der Waals surface area contributed by atoms with Gasteiger partial charge in [-0.25, -0.2) is 4.39 Å². The highest BCUT2D eigenvalue weighted by Gasteiger charge is 2.26. The van der Waals surface area contributed by atoms with E-state index in [1.54, 1.807) is 0 Å². The Kier molecular flexibility index (Phi) is 4.62. The first-order valence-electron chi connectivity index (χ1n) is 8.03. The van der Waals surface area contributed by atoms with Gasteiger partial charge in [0.25, 0.3) is 5.91 Å². The molecule has 5 heteroatoms. The summed E-state index contributed by atoms with van der Waals surface area (Å²) < 4.78 is 18.4. The minimum atomic E-state index is -0.443. The highest BCUT2D eigenvalue weighted by Crippen LogP contribution is 2.28. The molecule has 2 fully saturated rings. The largest absolute Gasteiger partial charge is 0.494 e. The molecule has 120 valence electrons. The number of rotatable bonds is 5. The van der Waals surface area contributed by atoms with Crippen LogP contribution in [-0.4, -0.2) is 43.6 Å². The Morgan fingerprint density at radius 3 is 2.68 bits per heavy atom. The topological polar surface area (TPSA) is 41.6 Å². The van der Waals surface area contributed by atoms with Crippen molar-refractivity contribution in [1.29, 1.82) is 0 Å². The van der Waals surface area contributed by atoms with Crippen LogP contribution in [0.1, 0.15) is 36.0 Å². The smallest absolute Gasteiger partial charge is 0.253 e. The van der Waals surface area contributed by atoms with Gasteiger partial charge in [-0.1, -0.05) is 0 Å². The second-order valence-electron chi connectivity index (χ2n) is 6.27. The maximum absolute atomic E-state index is 13.4. The number of nitrogens with zero attached hydrogens (tertiary/aromatic N) is 1. The lowest BCUT2D eigenvalue weighted by molar-refractivity contribution is 0.0704. The first kappa shape index (κ1) is 15.3. The van der Waals surface area contributed by atoms with E-state index in [4.69, 9.17) is 4.74 Å². The first-order valence-corrected chi connectivity index (χ1v) is 8.03. The van der Waals surface area contributed by atoms with Crippen LogP contribution in [0.3, 0.4) is 0 Å². The van der Waals surface area contributed by atoms with Gasteiger partial charge in [0.15, 0.2) is 11.6 Å². The van der Waals surface area contributed by atoms with Crippen LogP contribution >= 0.6 is 0 Å². The van der Waals surface area contributed by atoms with Crippen molar-refractivity contribution in [3.8, 4) is 5.75 Å². The maximum Gasteiger partial charge on any atom is 0.253 e. The van der Waals surface area contributed by atoms with Gasteiger partial charge < -0.3 is 15.0 Å². The van der Waals surface area contributed by atoms with E-state index in [1.807, 2.05) is 4.90 Å². The molecule has 1 aliphatic carbocycles. The molecule has 0 bridgehead atoms. The van der Waals surface area contributed by atoms with Gasteiger partial charge in [0.1, 0.15) is 0 Å². The van der Waals surface area contributed by atoms with E-state index in [0.717, 1.165) is 38.4 Å². The molecule has 4 nitrogen and oxygen atoms in total. The highest BCUT2D eigenvalue weighted by molar-refractivity contribution is 5.94. The lowest BCUT2D eigenvalue weighted by atomic mass is 10.0. The van der Waals surface area contributed by atoms with E-state index in [0.29, 0.717) is 11.6 Å². The number of likely N-dealkylation sites (tertiary alicyclic amines) is 1. The normalized spacial score (nSPS) is 19.3. The number of hydrogen-bond acceptors (Lipinski definition) is 3. The molecule has 1 saturated heterocycles. The van der Waals surface area contributed by atoms with E-state index in [9.17, 15) is 9.18 Å². The van der Waals surface area contributed by atoms with Crippen LogP contribution in [0.25, 0.3) is 0 Å². The number of methoxy groups -OCH3 is 1. The molecule has 2 aliphatic rings. The predicted octanol–water partition coefficient (Wildman–Crippen LogP) is 2.44. The molecular weight excluding hydrogens is 283 g/mol. The quantitative estimate of drug-likeness (QED) is 0.908. The Labute approximate surface area is 130 Å². The maximum atomic E-state index is 13.4. The van der Waals surface area contributed by atoms with Crippen molar-refractivity contribution < 1.29 is 13.9 Å². The Balaban J connectivity index is 1.54. The van der Waals surface area contributed by atoms with Gasteiger partial charge in [-0.15, -0.1) is 0 Å². The molecule has 0 radical (unpaired) electrons. The molecule has 3 rings (SSSR count). The molecular formula is C17H23FN2O2. The average Bonchev–Trinajstić information content (AvgIpc) is 3.37. The summed E-state index contributed by atoms with van der Waals surface area (Å²) in [5.41, 5.74) is 0.489. The van der Waals surface area contributed by atoms with Crippen molar-refractivity contribution >= 4 is 5.91 Å². The summed E-state index contributed by atoms with van der Waals surface area (Å²) in [4.78, 5) is 14.3. The van der Waals surface area contributed by atoms with Gasteiger partial charge in [-0.3, -0.25) is 4.79 Å². The Morgan fingerprint density at radius 2 is 2.05 bits per heavy atom. The second kappa shape index (κ2) is 6.65. The highest BCUT2D eigenvalue weighted by atomic mass is 19.1. The minimum absolute atomic E-state index is 0.0426. The summed E-state index contributed by atoms with van der Waals surface area (Å²) in [6, 6.07) is 4.82. The summed E-state index contributed by atoms with van der Waals surface area (Å²) in [7, 11) is 1.41. The molecule has 1 aromatic rings. The van der Waals surface area contributed by atoms with Crippen LogP contribution < -0.4 is 10.1 Å². The van der Waals surface area contributed by atoms with Crippen molar-refractivity contribution in [2.45, 2.75) is 31.7 Å². The fourth-order valence-corrected chi connectivity index (χ4v) is 2.92. The minimum Gasteiger partial charge on any atom is -0.494 e. The van der Waals surface area contributed by atoms with Crippen LogP contribution in [0.4, 0.5) is 4.39 Å². The molecule has 1 amide bonds. The number of halogens is 1. The van der Waals surface area contributed by atoms with Crippen LogP contribution in [0.5, 0.6) is 5.75 Å². The summed E-state index contributed by atoms with van der Waals surface area (Å²) in [5.74, 6) is 0.513. The summed E-state index contributed by atoms with van der Waals surface area (Å²) in [6.07, 6.45) is 4.68. The fourth-order valence-electron chi connectivity index (χ4n) is 2.92. The number of carbonyl (C=O) groups is 1. The van der Waals surface area contributed by atoms with Gasteiger partial charge in [0.2, 0.25) is 0 Å². The number of carbonyl (C=O) groups excluding carboxylic acids is 1. The Morgan fingerprint density at radius 1 is 1.32 bits per heavy atom. The zero-order chi connectivity index (χ0) is 15.5. The fraction of sp³-hybridized carbons (Fsp3) is 0.588. The van der Waals surface area contributed by atoms with Crippen LogP contribution in [-0.2, 0) is 0 Å². The van der Waals surface area contributed by atoms with E-state index in [2.05, 4.69) is 5.32 Å². The van der Waals surface area contributed by atoms with Gasteiger partial charge in [-0.05, 0) is 56.3 Å². The number of ether oxygens (including phenoxy) is 1. The SMILES string of the molecule is COc1cc(C(=O)N2CCC(NCC3CC3)CC2)ccc1F. The zero-order valence-corrected chi connectivity index (χ0v) is 13.0. The summed E-state index contributed by atoms with van der Waals surface area (Å²) in [5, 5.41) is 3.60. The summed E-state index contributed by atoms with van der Waals surface area (Å²) in [6.45, 7) is 2.62. The Hall–Kier alpha value is -1.62. The summed E-state index contributed by atoms with van der Waals surface area (Å²) >= 11 is 0. The van der Waals surface area contributed by atoms with Gasteiger partial charge >= 0.3 is 0 Å². The van der Waals surface area contributed by atoms with Gasteiger partial charge in [0, 0.05) is 24.7 Å². The lowest BCUT2D eigenvalue weighted by Crippen LogP contribution is -2.45. The third-order valence-corrected chi connectivity index (χ3v) is 4.57. The zero-order valence-electron chi connectivity index (χ0n) is 13.0.